The number of carbonyl (C=O) groups excluding carboxylic acids is 2. The summed E-state index contributed by atoms with van der Waals surface area (Å²) < 4.78 is 6.95. The number of ether oxygens (including phenoxy) is 1. The van der Waals surface area contributed by atoms with Gasteiger partial charge >= 0.3 is 0 Å². The molecule has 8 rings (SSSR count). The molecule has 2 saturated carbocycles. The second-order valence-corrected chi connectivity index (χ2v) is 17.7. The second kappa shape index (κ2) is 13.3. The van der Waals surface area contributed by atoms with Gasteiger partial charge in [0.1, 0.15) is 17.4 Å². The molecule has 272 valence electrons. The van der Waals surface area contributed by atoms with Gasteiger partial charge in [0.2, 0.25) is 5.91 Å². The highest BCUT2D eigenvalue weighted by Gasteiger charge is 2.48. The average Bonchev–Trinajstić information content (AvgIpc) is 3.12. The first kappa shape index (κ1) is 34.8. The van der Waals surface area contributed by atoms with Crippen molar-refractivity contribution in [3.05, 3.63) is 77.9 Å². The fourth-order valence-corrected chi connectivity index (χ4v) is 9.86. The minimum absolute atomic E-state index is 0.0137. The van der Waals surface area contributed by atoms with Crippen LogP contribution >= 0.6 is 0 Å². The van der Waals surface area contributed by atoms with Crippen LogP contribution in [0.25, 0.3) is 32.8 Å². The van der Waals surface area contributed by atoms with Crippen LogP contribution in [-0.4, -0.2) is 49.9 Å². The summed E-state index contributed by atoms with van der Waals surface area (Å²) >= 11 is 0. The molecule has 2 amide bonds. The lowest BCUT2D eigenvalue weighted by Gasteiger charge is -2.49. The van der Waals surface area contributed by atoms with Crippen LogP contribution in [0, 0.1) is 17.8 Å². The smallest absolute Gasteiger partial charge is 0.254 e. The van der Waals surface area contributed by atoms with Crippen molar-refractivity contribution in [3.63, 3.8) is 0 Å². The standard InChI is InChI=1S/C45H54N4O3/c1-27-21-23-34-33(25-27)37-39-38(31-19-13-14-20-32(31)41(37)52-45(34,5)6)47-36-26-29(22-24-35(36)46-39)43(51)49(30-17-11-8-12-18-30)40(28-15-9-7-10-16-28)42(50)48-44(2,3)4/h7,9-10,13-15,19-20,22,24,26-28,30,33-34,40H,8,11-12,16-18,21,23,25H2,1-6H3,(H,48,50)/t27-,28?,33-,34-,40?/m0/s1. The topological polar surface area (TPSA) is 84.4 Å². The van der Waals surface area contributed by atoms with Crippen LogP contribution < -0.4 is 10.1 Å². The van der Waals surface area contributed by atoms with Crippen molar-refractivity contribution in [1.82, 2.24) is 20.2 Å². The van der Waals surface area contributed by atoms with E-state index in [9.17, 15) is 9.59 Å². The molecular weight excluding hydrogens is 645 g/mol. The van der Waals surface area contributed by atoms with Crippen LogP contribution in [0.2, 0.25) is 0 Å². The Bertz CT molecular complexity index is 2100. The minimum Gasteiger partial charge on any atom is -0.487 e. The largest absolute Gasteiger partial charge is 0.487 e. The fourth-order valence-electron chi connectivity index (χ4n) is 9.86. The molecule has 3 aliphatic carbocycles. The number of carbonyl (C=O) groups is 2. The number of hydrogen-bond donors (Lipinski definition) is 1. The number of aromatic nitrogens is 2. The van der Waals surface area contributed by atoms with E-state index in [4.69, 9.17) is 14.7 Å². The monoisotopic (exact) mass is 698 g/mol. The molecule has 0 radical (unpaired) electrons. The Kier molecular flexibility index (Phi) is 8.90. The first-order valence-corrected chi connectivity index (χ1v) is 19.7. The van der Waals surface area contributed by atoms with Crippen molar-refractivity contribution in [2.75, 3.05) is 0 Å². The molecule has 1 N–H and O–H groups in total. The molecule has 52 heavy (non-hydrogen) atoms. The van der Waals surface area contributed by atoms with Gasteiger partial charge in [-0.3, -0.25) is 9.59 Å². The van der Waals surface area contributed by atoms with Crippen molar-refractivity contribution < 1.29 is 14.3 Å². The summed E-state index contributed by atoms with van der Waals surface area (Å²) in [5.74, 6) is 2.01. The molecule has 3 aromatic carbocycles. The molecule has 0 spiro atoms. The maximum Gasteiger partial charge on any atom is 0.254 e. The highest BCUT2D eigenvalue weighted by molar-refractivity contribution is 6.11. The SMILES string of the molecule is C[C@H]1CC[C@H]2[C@H](C1)c1c(c3ccccc3c3nc4cc(C(=O)N(C5CCCCC5)C(C(=O)NC(C)(C)C)C5C=CC=CC5)ccc4nc13)OC2(C)C. The van der Waals surface area contributed by atoms with Gasteiger partial charge in [-0.05, 0) is 96.8 Å². The lowest BCUT2D eigenvalue weighted by molar-refractivity contribution is -0.129. The Balaban J connectivity index is 1.27. The van der Waals surface area contributed by atoms with Crippen LogP contribution in [0.1, 0.15) is 121 Å². The Hall–Kier alpha value is -4.26. The summed E-state index contributed by atoms with van der Waals surface area (Å²) in [6.07, 6.45) is 17.5. The molecule has 5 atom stereocenters. The summed E-state index contributed by atoms with van der Waals surface area (Å²) in [4.78, 5) is 41.9. The first-order chi connectivity index (χ1) is 24.9. The van der Waals surface area contributed by atoms with E-state index in [2.05, 4.69) is 62.5 Å². The van der Waals surface area contributed by atoms with E-state index in [0.717, 1.165) is 78.0 Å². The summed E-state index contributed by atoms with van der Waals surface area (Å²) in [6, 6.07) is 13.5. The van der Waals surface area contributed by atoms with Crippen LogP contribution in [0.5, 0.6) is 5.75 Å². The van der Waals surface area contributed by atoms with Crippen LogP contribution in [0.15, 0.2) is 66.8 Å². The van der Waals surface area contributed by atoms with Gasteiger partial charge in [-0.1, -0.05) is 81.2 Å². The zero-order valence-corrected chi connectivity index (χ0v) is 31.7. The number of benzene rings is 3. The number of fused-ring (bicyclic) bond motifs is 9. The van der Waals surface area contributed by atoms with Crippen molar-refractivity contribution in [2.45, 2.75) is 128 Å². The van der Waals surface area contributed by atoms with Crippen LogP contribution in [0.3, 0.4) is 0 Å². The van der Waals surface area contributed by atoms with E-state index < -0.39 is 11.6 Å². The van der Waals surface area contributed by atoms with Crippen molar-refractivity contribution in [3.8, 4) is 5.75 Å². The Labute approximate surface area is 308 Å². The van der Waals surface area contributed by atoms with Gasteiger partial charge in [0.15, 0.2) is 0 Å². The van der Waals surface area contributed by atoms with Gasteiger partial charge in [-0.25, -0.2) is 9.97 Å². The highest BCUT2D eigenvalue weighted by atomic mass is 16.5. The fraction of sp³-hybridized carbons (Fsp3) is 0.511. The first-order valence-electron chi connectivity index (χ1n) is 19.7. The predicted molar refractivity (Wildman–Crippen MR) is 210 cm³/mol. The summed E-state index contributed by atoms with van der Waals surface area (Å²) in [7, 11) is 0. The summed E-state index contributed by atoms with van der Waals surface area (Å²) in [5.41, 5.74) is 4.27. The van der Waals surface area contributed by atoms with Gasteiger partial charge in [-0.15, -0.1) is 0 Å². The van der Waals surface area contributed by atoms with Gasteiger partial charge in [0, 0.05) is 45.3 Å². The number of nitrogens with zero attached hydrogens (tertiary/aromatic N) is 3. The number of amides is 2. The van der Waals surface area contributed by atoms with Crippen molar-refractivity contribution in [1.29, 1.82) is 0 Å². The van der Waals surface area contributed by atoms with Gasteiger partial charge in [-0.2, -0.15) is 0 Å². The molecule has 2 fully saturated rings. The normalized spacial score (nSPS) is 25.0. The van der Waals surface area contributed by atoms with E-state index in [0.29, 0.717) is 35.3 Å². The molecule has 0 saturated heterocycles. The Morgan fingerprint density at radius 3 is 2.40 bits per heavy atom. The third-order valence-corrected chi connectivity index (χ3v) is 12.3. The highest BCUT2D eigenvalue weighted by Crippen LogP contribution is 2.56. The van der Waals surface area contributed by atoms with E-state index in [1.54, 1.807) is 0 Å². The van der Waals surface area contributed by atoms with Gasteiger partial charge in [0.05, 0.1) is 22.1 Å². The Morgan fingerprint density at radius 2 is 1.67 bits per heavy atom. The number of allylic oxidation sites excluding steroid dienone is 3. The van der Waals surface area contributed by atoms with Crippen LogP contribution in [0.4, 0.5) is 0 Å². The second-order valence-electron chi connectivity index (χ2n) is 17.7. The minimum atomic E-state index is -0.625. The van der Waals surface area contributed by atoms with Crippen molar-refractivity contribution in [2.24, 2.45) is 17.8 Å². The number of rotatable bonds is 5. The summed E-state index contributed by atoms with van der Waals surface area (Å²) in [5, 5.41) is 5.32. The van der Waals surface area contributed by atoms with Gasteiger partial charge in [0.25, 0.3) is 5.91 Å². The lowest BCUT2D eigenvalue weighted by atomic mass is 9.64. The van der Waals surface area contributed by atoms with E-state index in [-0.39, 0.29) is 29.4 Å². The molecule has 7 nitrogen and oxygen atoms in total. The third-order valence-electron chi connectivity index (χ3n) is 12.3. The molecule has 0 bridgehead atoms. The van der Waals surface area contributed by atoms with Crippen LogP contribution in [-0.2, 0) is 4.79 Å². The predicted octanol–water partition coefficient (Wildman–Crippen LogP) is 9.82. The van der Waals surface area contributed by atoms with Crippen molar-refractivity contribution >= 4 is 44.7 Å². The van der Waals surface area contributed by atoms with E-state index >= 15 is 0 Å². The molecule has 1 aromatic heterocycles. The summed E-state index contributed by atoms with van der Waals surface area (Å²) in [6.45, 7) is 12.9. The van der Waals surface area contributed by atoms with E-state index in [1.807, 2.05) is 56.0 Å². The molecule has 7 heteroatoms. The average molecular weight is 699 g/mol. The number of nitrogens with one attached hydrogen (secondary N) is 1. The molecule has 4 aromatic rings. The third kappa shape index (κ3) is 6.28. The quantitative estimate of drug-likeness (QED) is 0.166. The molecule has 2 unspecified atom stereocenters. The zero-order chi connectivity index (χ0) is 36.4. The maximum atomic E-state index is 15.0. The Morgan fingerprint density at radius 1 is 0.923 bits per heavy atom. The van der Waals surface area contributed by atoms with E-state index in [1.165, 1.54) is 12.0 Å². The lowest BCUT2D eigenvalue weighted by Crippen LogP contribution is -2.59. The zero-order valence-electron chi connectivity index (χ0n) is 31.7. The van der Waals surface area contributed by atoms with Gasteiger partial charge < -0.3 is 15.0 Å². The number of hydrogen-bond acceptors (Lipinski definition) is 5. The maximum absolute atomic E-state index is 15.0. The molecule has 4 aliphatic rings. The molecular formula is C45H54N4O3. The molecule has 1 aliphatic heterocycles. The molecule has 2 heterocycles.